The molecule has 0 aliphatic carbocycles. The molecule has 0 bridgehead atoms. The molecule has 35 heavy (non-hydrogen) atoms. The van der Waals surface area contributed by atoms with Crippen LogP contribution in [0.15, 0.2) is 78.4 Å². The van der Waals surface area contributed by atoms with E-state index in [9.17, 15) is 19.5 Å². The van der Waals surface area contributed by atoms with Gasteiger partial charge in [0.25, 0.3) is 11.7 Å². The van der Waals surface area contributed by atoms with Crippen molar-refractivity contribution >= 4 is 29.1 Å². The molecule has 0 saturated carbocycles. The summed E-state index contributed by atoms with van der Waals surface area (Å²) in [6, 6.07) is 20.1. The maximum absolute atomic E-state index is 13.3. The summed E-state index contributed by atoms with van der Waals surface area (Å²) in [6.07, 6.45) is -0.261. The van der Waals surface area contributed by atoms with Crippen molar-refractivity contribution in [2.45, 2.75) is 39.8 Å². The van der Waals surface area contributed by atoms with Crippen LogP contribution in [0.1, 0.15) is 52.5 Å². The van der Waals surface area contributed by atoms with Crippen LogP contribution in [0.3, 0.4) is 0 Å². The molecule has 3 aromatic rings. The Hall–Kier alpha value is -4.19. The number of esters is 1. The molecule has 1 aliphatic rings. The molecule has 1 unspecified atom stereocenters. The normalized spacial score (nSPS) is 17.2. The third-order valence-electron chi connectivity index (χ3n) is 5.85. The number of rotatable bonds is 5. The lowest BCUT2D eigenvalue weighted by Gasteiger charge is -2.26. The fourth-order valence-electron chi connectivity index (χ4n) is 4.16. The number of hydrogen-bond donors (Lipinski definition) is 1. The van der Waals surface area contributed by atoms with Gasteiger partial charge in [-0.05, 0) is 57.5 Å². The zero-order valence-electron chi connectivity index (χ0n) is 20.1. The van der Waals surface area contributed by atoms with Gasteiger partial charge in [0.2, 0.25) is 0 Å². The summed E-state index contributed by atoms with van der Waals surface area (Å²) >= 11 is 0. The van der Waals surface area contributed by atoms with Crippen LogP contribution in [0.25, 0.3) is 5.76 Å². The van der Waals surface area contributed by atoms with Crippen LogP contribution >= 0.6 is 0 Å². The van der Waals surface area contributed by atoms with Crippen molar-refractivity contribution < 1.29 is 24.2 Å². The maximum Gasteiger partial charge on any atom is 0.338 e. The highest BCUT2D eigenvalue weighted by atomic mass is 16.5. The number of aryl methyl sites for hydroxylation is 2. The van der Waals surface area contributed by atoms with Gasteiger partial charge in [0.05, 0.1) is 23.3 Å². The first-order chi connectivity index (χ1) is 16.7. The average molecular weight is 470 g/mol. The standard InChI is InChI=1S/C29H27NO5/c1-17(2)35-29(34)21-12-14-23(15-13-21)30-25(22-7-5-6-19(4)16-22)24(27(32)28(30)33)26(31)20-10-8-18(3)9-11-20/h5-17,25,31H,1-4H3/b26-24+. The van der Waals surface area contributed by atoms with Gasteiger partial charge >= 0.3 is 5.97 Å². The Bertz CT molecular complexity index is 1320. The Morgan fingerprint density at radius 2 is 1.51 bits per heavy atom. The topological polar surface area (TPSA) is 83.9 Å². The molecule has 1 amide bonds. The first-order valence-electron chi connectivity index (χ1n) is 11.4. The van der Waals surface area contributed by atoms with Crippen LogP contribution in [-0.4, -0.2) is 28.9 Å². The lowest BCUT2D eigenvalue weighted by Crippen LogP contribution is -2.29. The molecule has 6 heteroatoms. The minimum Gasteiger partial charge on any atom is -0.507 e. The first kappa shape index (κ1) is 24.0. The molecule has 0 radical (unpaired) electrons. The van der Waals surface area contributed by atoms with E-state index in [-0.39, 0.29) is 17.4 Å². The monoisotopic (exact) mass is 469 g/mol. The van der Waals surface area contributed by atoms with Gasteiger partial charge < -0.3 is 9.84 Å². The van der Waals surface area contributed by atoms with Gasteiger partial charge in [0, 0.05) is 11.3 Å². The van der Waals surface area contributed by atoms with Gasteiger partial charge in [-0.2, -0.15) is 0 Å². The summed E-state index contributed by atoms with van der Waals surface area (Å²) in [5, 5.41) is 11.2. The van der Waals surface area contributed by atoms with Crippen molar-refractivity contribution in [2.24, 2.45) is 0 Å². The molecule has 1 N–H and O–H groups in total. The fraction of sp³-hybridized carbons (Fsp3) is 0.207. The molecule has 0 spiro atoms. The van der Waals surface area contributed by atoms with Crippen molar-refractivity contribution in [1.82, 2.24) is 0 Å². The number of aliphatic hydroxyl groups excluding tert-OH is 1. The van der Waals surface area contributed by atoms with E-state index in [0.717, 1.165) is 11.1 Å². The van der Waals surface area contributed by atoms with E-state index in [4.69, 9.17) is 4.74 Å². The molecular weight excluding hydrogens is 442 g/mol. The summed E-state index contributed by atoms with van der Waals surface area (Å²) in [6.45, 7) is 7.38. The third kappa shape index (κ3) is 4.73. The number of amides is 1. The number of carbonyl (C=O) groups excluding carboxylic acids is 3. The highest BCUT2D eigenvalue weighted by Crippen LogP contribution is 2.42. The fourth-order valence-corrected chi connectivity index (χ4v) is 4.16. The zero-order chi connectivity index (χ0) is 25.3. The van der Waals surface area contributed by atoms with Gasteiger partial charge in [-0.25, -0.2) is 4.79 Å². The predicted molar refractivity (Wildman–Crippen MR) is 134 cm³/mol. The molecule has 0 aromatic heterocycles. The number of ketones is 1. The summed E-state index contributed by atoms with van der Waals surface area (Å²) in [5.74, 6) is -2.21. The zero-order valence-corrected chi connectivity index (χ0v) is 20.1. The Kier molecular flexibility index (Phi) is 6.56. The van der Waals surface area contributed by atoms with Crippen molar-refractivity contribution in [1.29, 1.82) is 0 Å². The second-order valence-electron chi connectivity index (χ2n) is 8.95. The van der Waals surface area contributed by atoms with E-state index >= 15 is 0 Å². The highest BCUT2D eigenvalue weighted by Gasteiger charge is 2.47. The average Bonchev–Trinajstić information content (AvgIpc) is 3.09. The van der Waals surface area contributed by atoms with E-state index in [1.165, 1.54) is 4.90 Å². The Morgan fingerprint density at radius 3 is 2.11 bits per heavy atom. The Labute approximate surface area is 204 Å². The maximum atomic E-state index is 13.3. The summed E-state index contributed by atoms with van der Waals surface area (Å²) in [4.78, 5) is 40.2. The lowest BCUT2D eigenvalue weighted by molar-refractivity contribution is -0.132. The molecule has 3 aromatic carbocycles. The number of ether oxygens (including phenoxy) is 1. The number of anilines is 1. The number of benzene rings is 3. The summed E-state index contributed by atoms with van der Waals surface area (Å²) in [5.41, 5.74) is 3.91. The number of nitrogens with zero attached hydrogens (tertiary/aromatic N) is 1. The quantitative estimate of drug-likeness (QED) is 0.231. The lowest BCUT2D eigenvalue weighted by atomic mass is 9.94. The van der Waals surface area contributed by atoms with E-state index in [2.05, 4.69) is 0 Å². The minimum absolute atomic E-state index is 0.0211. The van der Waals surface area contributed by atoms with E-state index in [1.807, 2.05) is 50.2 Å². The van der Waals surface area contributed by atoms with Crippen LogP contribution in [0.5, 0.6) is 0 Å². The van der Waals surface area contributed by atoms with Gasteiger partial charge in [0.1, 0.15) is 5.76 Å². The molecular formula is C29H27NO5. The molecule has 1 fully saturated rings. The number of hydrogen-bond acceptors (Lipinski definition) is 5. The molecule has 1 saturated heterocycles. The van der Waals surface area contributed by atoms with Gasteiger partial charge in [-0.15, -0.1) is 0 Å². The van der Waals surface area contributed by atoms with E-state index < -0.39 is 23.7 Å². The predicted octanol–water partition coefficient (Wildman–Crippen LogP) is 5.49. The highest BCUT2D eigenvalue weighted by molar-refractivity contribution is 6.51. The Balaban J connectivity index is 1.84. The number of Topliss-reactive ketones (excluding diaryl/α,β-unsaturated/α-hetero) is 1. The molecule has 178 valence electrons. The molecule has 4 rings (SSSR count). The minimum atomic E-state index is -0.829. The smallest absolute Gasteiger partial charge is 0.338 e. The van der Waals surface area contributed by atoms with Crippen LogP contribution in [0.2, 0.25) is 0 Å². The van der Waals surface area contributed by atoms with E-state index in [0.29, 0.717) is 22.4 Å². The van der Waals surface area contributed by atoms with Crippen LogP contribution in [0.4, 0.5) is 5.69 Å². The largest absolute Gasteiger partial charge is 0.507 e. The number of aliphatic hydroxyl groups is 1. The second-order valence-corrected chi connectivity index (χ2v) is 8.95. The van der Waals surface area contributed by atoms with Crippen LogP contribution in [0, 0.1) is 13.8 Å². The van der Waals surface area contributed by atoms with Gasteiger partial charge in [-0.1, -0.05) is 59.7 Å². The second kappa shape index (κ2) is 9.58. The third-order valence-corrected chi connectivity index (χ3v) is 5.85. The molecule has 1 heterocycles. The van der Waals surface area contributed by atoms with Crippen molar-refractivity contribution in [3.8, 4) is 0 Å². The molecule has 1 aliphatic heterocycles. The van der Waals surface area contributed by atoms with E-state index in [1.54, 1.807) is 50.2 Å². The van der Waals surface area contributed by atoms with Crippen LogP contribution in [-0.2, 0) is 14.3 Å². The summed E-state index contributed by atoms with van der Waals surface area (Å²) in [7, 11) is 0. The Morgan fingerprint density at radius 1 is 0.886 bits per heavy atom. The SMILES string of the molecule is Cc1ccc(/C(O)=C2\C(=O)C(=O)N(c3ccc(C(=O)OC(C)C)cc3)C2c2cccc(C)c2)cc1. The van der Waals surface area contributed by atoms with Crippen LogP contribution < -0.4 is 4.90 Å². The van der Waals surface area contributed by atoms with Crippen molar-refractivity contribution in [3.05, 3.63) is 106 Å². The first-order valence-corrected chi connectivity index (χ1v) is 11.4. The van der Waals surface area contributed by atoms with Crippen molar-refractivity contribution in [2.75, 3.05) is 4.90 Å². The van der Waals surface area contributed by atoms with Gasteiger partial charge in [-0.3, -0.25) is 14.5 Å². The molecule has 6 nitrogen and oxygen atoms in total. The summed E-state index contributed by atoms with van der Waals surface area (Å²) < 4.78 is 5.24. The molecule has 1 atom stereocenters. The van der Waals surface area contributed by atoms with Gasteiger partial charge in [0.15, 0.2) is 0 Å². The number of carbonyl (C=O) groups is 3. The van der Waals surface area contributed by atoms with Crippen molar-refractivity contribution in [3.63, 3.8) is 0 Å².